The molecule has 0 heterocycles. The smallest absolute Gasteiger partial charge is 0.340 e. The Kier molecular flexibility index (Phi) is 9.26. The summed E-state index contributed by atoms with van der Waals surface area (Å²) in [6.07, 6.45) is -0.816. The molecule has 1 aromatic rings. The fraction of sp³-hybridized carbons (Fsp3) is 0.571. The predicted octanol–water partition coefficient (Wildman–Crippen LogP) is 2.02. The van der Waals surface area contributed by atoms with Crippen molar-refractivity contribution in [3.8, 4) is 0 Å². The van der Waals surface area contributed by atoms with Crippen molar-refractivity contribution < 1.29 is 38.4 Å². The summed E-state index contributed by atoms with van der Waals surface area (Å²) in [5.41, 5.74) is -2.46. The first kappa shape index (κ1) is 24.6. The number of hydrogen-bond donors (Lipinski definition) is 1. The highest BCUT2D eigenvalue weighted by molar-refractivity contribution is 5.91. The van der Waals surface area contributed by atoms with Crippen LogP contribution in [-0.2, 0) is 39.9 Å². The highest BCUT2D eigenvalue weighted by atomic mass is 16.6. The van der Waals surface area contributed by atoms with Crippen molar-refractivity contribution in [2.75, 3.05) is 20.8 Å². The number of benzene rings is 1. The molecule has 0 amide bonds. The van der Waals surface area contributed by atoms with Crippen LogP contribution in [0, 0.1) is 5.92 Å². The Hall–Kier alpha value is -2.45. The maximum absolute atomic E-state index is 12.7. The van der Waals surface area contributed by atoms with Gasteiger partial charge in [-0.2, -0.15) is 0 Å². The maximum atomic E-state index is 12.7. The van der Waals surface area contributed by atoms with Gasteiger partial charge in [0.1, 0.15) is 5.60 Å². The van der Waals surface area contributed by atoms with Crippen molar-refractivity contribution in [1.82, 2.24) is 0 Å². The van der Waals surface area contributed by atoms with Gasteiger partial charge < -0.3 is 24.1 Å². The molecule has 8 nitrogen and oxygen atoms in total. The third-order valence-electron chi connectivity index (χ3n) is 4.12. The van der Waals surface area contributed by atoms with Gasteiger partial charge in [0.25, 0.3) is 0 Å². The van der Waals surface area contributed by atoms with Crippen molar-refractivity contribution in [3.05, 3.63) is 35.9 Å². The second-order valence-electron chi connectivity index (χ2n) is 7.58. The Bertz CT molecular complexity index is 680. The average molecular weight is 410 g/mol. The molecule has 0 aliphatic heterocycles. The zero-order valence-corrected chi connectivity index (χ0v) is 17.6. The molecule has 1 aromatic carbocycles. The van der Waals surface area contributed by atoms with Gasteiger partial charge in [0.05, 0.1) is 33.2 Å². The van der Waals surface area contributed by atoms with E-state index in [9.17, 15) is 19.5 Å². The summed E-state index contributed by atoms with van der Waals surface area (Å²) in [6, 6.07) is 9.38. The first-order valence-corrected chi connectivity index (χ1v) is 9.25. The molecule has 0 fully saturated rings. The lowest BCUT2D eigenvalue weighted by Crippen LogP contribution is -2.54. The second-order valence-corrected chi connectivity index (χ2v) is 7.58. The fourth-order valence-corrected chi connectivity index (χ4v) is 2.66. The number of hydrogen-bond acceptors (Lipinski definition) is 8. The van der Waals surface area contributed by atoms with Gasteiger partial charge in [-0.15, -0.1) is 0 Å². The van der Waals surface area contributed by atoms with E-state index in [0.29, 0.717) is 0 Å². The van der Waals surface area contributed by atoms with Crippen LogP contribution in [0.2, 0.25) is 0 Å². The first-order chi connectivity index (χ1) is 13.5. The Balaban J connectivity index is 2.99. The molecule has 1 N–H and O–H groups in total. The van der Waals surface area contributed by atoms with E-state index in [0.717, 1.165) is 19.8 Å². The van der Waals surface area contributed by atoms with Gasteiger partial charge in [-0.05, 0) is 32.8 Å². The Labute approximate surface area is 171 Å². The van der Waals surface area contributed by atoms with Gasteiger partial charge in [-0.3, -0.25) is 9.59 Å². The molecule has 8 heteroatoms. The molecule has 0 saturated carbocycles. The zero-order chi connectivity index (χ0) is 22.1. The van der Waals surface area contributed by atoms with Gasteiger partial charge in [0, 0.05) is 6.61 Å². The molecule has 0 saturated heterocycles. The number of carbonyl (C=O) groups excluding carboxylic acids is 3. The molecule has 0 aliphatic carbocycles. The van der Waals surface area contributed by atoms with E-state index >= 15 is 0 Å². The number of rotatable bonds is 10. The van der Waals surface area contributed by atoms with Crippen LogP contribution in [-0.4, -0.2) is 55.0 Å². The topological polar surface area (TPSA) is 108 Å². The molecule has 29 heavy (non-hydrogen) atoms. The van der Waals surface area contributed by atoms with Crippen LogP contribution in [0.15, 0.2) is 30.3 Å². The zero-order valence-electron chi connectivity index (χ0n) is 17.6. The van der Waals surface area contributed by atoms with E-state index < -0.39 is 41.4 Å². The minimum atomic E-state index is -2.45. The predicted molar refractivity (Wildman–Crippen MR) is 104 cm³/mol. The van der Waals surface area contributed by atoms with Crippen LogP contribution in [0.1, 0.15) is 39.2 Å². The summed E-state index contributed by atoms with van der Waals surface area (Å²) in [5.74, 6) is -4.20. The largest absolute Gasteiger partial charge is 0.469 e. The minimum Gasteiger partial charge on any atom is -0.469 e. The molecule has 0 aromatic heterocycles. The van der Waals surface area contributed by atoms with E-state index in [1.807, 2.05) is 30.3 Å². The summed E-state index contributed by atoms with van der Waals surface area (Å²) < 4.78 is 20.2. The van der Waals surface area contributed by atoms with Crippen LogP contribution in [0.3, 0.4) is 0 Å². The van der Waals surface area contributed by atoms with E-state index in [1.165, 1.54) is 0 Å². The quantitative estimate of drug-likeness (QED) is 0.355. The Morgan fingerprint density at radius 3 is 2.17 bits per heavy atom. The molecular weight excluding hydrogens is 380 g/mol. The first-order valence-electron chi connectivity index (χ1n) is 9.25. The second kappa shape index (κ2) is 10.9. The Morgan fingerprint density at radius 2 is 1.66 bits per heavy atom. The van der Waals surface area contributed by atoms with E-state index in [4.69, 9.17) is 14.2 Å². The molecule has 1 rings (SSSR count). The van der Waals surface area contributed by atoms with Crippen LogP contribution in [0.25, 0.3) is 0 Å². The van der Waals surface area contributed by atoms with Crippen molar-refractivity contribution in [3.63, 3.8) is 0 Å². The summed E-state index contributed by atoms with van der Waals surface area (Å²) in [4.78, 5) is 36.9. The van der Waals surface area contributed by atoms with Crippen molar-refractivity contribution >= 4 is 17.9 Å². The standard InChI is InChI=1S/C21H30O8/c1-20(2,3)29-19(24)21(25,13-17(22)26-4)16(18(23)27-5)11-12-28-14-15-9-7-6-8-10-15/h6-10,16,25H,11-14H2,1-5H3/t16-,21+/m0/s1. The van der Waals surface area contributed by atoms with Crippen LogP contribution < -0.4 is 0 Å². The van der Waals surface area contributed by atoms with E-state index in [2.05, 4.69) is 4.74 Å². The van der Waals surface area contributed by atoms with Crippen molar-refractivity contribution in [2.45, 2.75) is 51.4 Å². The summed E-state index contributed by atoms with van der Waals surface area (Å²) in [6.45, 7) is 5.16. The highest BCUT2D eigenvalue weighted by Crippen LogP contribution is 2.30. The third kappa shape index (κ3) is 7.83. The van der Waals surface area contributed by atoms with Crippen LogP contribution >= 0.6 is 0 Å². The molecule has 162 valence electrons. The molecule has 0 spiro atoms. The average Bonchev–Trinajstić information content (AvgIpc) is 2.66. The van der Waals surface area contributed by atoms with Crippen LogP contribution in [0.5, 0.6) is 0 Å². The Morgan fingerprint density at radius 1 is 1.03 bits per heavy atom. The summed E-state index contributed by atoms with van der Waals surface area (Å²) >= 11 is 0. The lowest BCUT2D eigenvalue weighted by atomic mass is 9.82. The van der Waals surface area contributed by atoms with Gasteiger partial charge >= 0.3 is 17.9 Å². The molecule has 0 bridgehead atoms. The van der Waals surface area contributed by atoms with Gasteiger partial charge in [0.2, 0.25) is 0 Å². The minimum absolute atomic E-state index is 0.0426. The molecular formula is C21H30O8. The monoisotopic (exact) mass is 410 g/mol. The number of ether oxygens (including phenoxy) is 4. The number of aliphatic hydroxyl groups is 1. The van der Waals surface area contributed by atoms with Gasteiger partial charge in [-0.1, -0.05) is 30.3 Å². The van der Waals surface area contributed by atoms with E-state index in [1.54, 1.807) is 20.8 Å². The molecule has 0 radical (unpaired) electrons. The van der Waals surface area contributed by atoms with Gasteiger partial charge in [0.15, 0.2) is 5.60 Å². The lowest BCUT2D eigenvalue weighted by molar-refractivity contribution is -0.194. The lowest BCUT2D eigenvalue weighted by Gasteiger charge is -2.34. The number of methoxy groups -OCH3 is 2. The highest BCUT2D eigenvalue weighted by Gasteiger charge is 2.52. The number of esters is 3. The van der Waals surface area contributed by atoms with Crippen molar-refractivity contribution in [1.29, 1.82) is 0 Å². The number of carbonyl (C=O) groups is 3. The summed E-state index contributed by atoms with van der Waals surface area (Å²) in [7, 11) is 2.25. The van der Waals surface area contributed by atoms with Crippen LogP contribution in [0.4, 0.5) is 0 Å². The van der Waals surface area contributed by atoms with Crippen molar-refractivity contribution in [2.24, 2.45) is 5.92 Å². The molecule has 2 atom stereocenters. The van der Waals surface area contributed by atoms with E-state index in [-0.39, 0.29) is 19.6 Å². The molecule has 0 unspecified atom stereocenters. The SMILES string of the molecule is COC(=O)C[C@](O)(C(=O)OC(C)(C)C)[C@@H](CCOCc1ccccc1)C(=O)OC. The summed E-state index contributed by atoms with van der Waals surface area (Å²) in [5, 5.41) is 11.1. The third-order valence-corrected chi connectivity index (χ3v) is 4.12. The normalized spacial score (nSPS) is 14.4. The van der Waals surface area contributed by atoms with Gasteiger partial charge in [-0.25, -0.2) is 4.79 Å². The maximum Gasteiger partial charge on any atom is 0.340 e. The molecule has 0 aliphatic rings. The fourth-order valence-electron chi connectivity index (χ4n) is 2.66.